The Hall–Kier alpha value is -2.26. The fourth-order valence-electron chi connectivity index (χ4n) is 3.05. The van der Waals surface area contributed by atoms with Gasteiger partial charge in [0.2, 0.25) is 0 Å². The van der Waals surface area contributed by atoms with Gasteiger partial charge in [0.05, 0.1) is 12.7 Å². The lowest BCUT2D eigenvalue weighted by atomic mass is 10.1. The summed E-state index contributed by atoms with van der Waals surface area (Å²) in [5.74, 6) is 0. The van der Waals surface area contributed by atoms with Crippen LogP contribution in [0.5, 0.6) is 0 Å². The molecule has 1 aliphatic rings. The van der Waals surface area contributed by atoms with Crippen LogP contribution in [0.3, 0.4) is 0 Å². The number of morpholine rings is 1. The number of sulfonamides is 1. The number of hydrogen-bond acceptors (Lipinski definition) is 6. The van der Waals surface area contributed by atoms with Crippen LogP contribution < -0.4 is 5.73 Å². The largest absolute Gasteiger partial charge is 0.399 e. The zero-order chi connectivity index (χ0) is 18.9. The standard InChI is InChI=1S/C19H19N3O3S2/c20-16-5-1-3-14(11-16)18-6-7-19(26-18)27(23,24)22-9-10-25-17(13-22)15-4-2-8-21-12-15/h1-8,11-12,17H,9-10,13,20H2. The third kappa shape index (κ3) is 3.74. The number of nitrogen functional groups attached to an aromatic ring is 1. The second kappa shape index (κ2) is 7.40. The van der Waals surface area contributed by atoms with E-state index < -0.39 is 10.0 Å². The fourth-order valence-corrected chi connectivity index (χ4v) is 5.93. The first-order valence-corrected chi connectivity index (χ1v) is 10.8. The van der Waals surface area contributed by atoms with Gasteiger partial charge in [0, 0.05) is 41.6 Å². The van der Waals surface area contributed by atoms with Crippen molar-refractivity contribution in [2.24, 2.45) is 0 Å². The summed E-state index contributed by atoms with van der Waals surface area (Å²) in [6.07, 6.45) is 3.09. The molecule has 1 aliphatic heterocycles. The Labute approximate surface area is 162 Å². The quantitative estimate of drug-likeness (QED) is 0.679. The van der Waals surface area contributed by atoms with Crippen LogP contribution in [-0.4, -0.2) is 37.4 Å². The normalized spacial score (nSPS) is 18.4. The second-order valence-electron chi connectivity index (χ2n) is 6.25. The topological polar surface area (TPSA) is 85.5 Å². The van der Waals surface area contributed by atoms with Crippen LogP contribution in [0, 0.1) is 0 Å². The predicted molar refractivity (Wildman–Crippen MR) is 106 cm³/mol. The van der Waals surface area contributed by atoms with Crippen LogP contribution in [0.15, 0.2) is 65.1 Å². The van der Waals surface area contributed by atoms with Gasteiger partial charge in [-0.3, -0.25) is 4.98 Å². The molecule has 8 heteroatoms. The number of benzene rings is 1. The van der Waals surface area contributed by atoms with E-state index in [1.807, 2.05) is 36.4 Å². The number of ether oxygens (including phenoxy) is 1. The van der Waals surface area contributed by atoms with Crippen molar-refractivity contribution in [2.75, 3.05) is 25.4 Å². The van der Waals surface area contributed by atoms with Gasteiger partial charge in [-0.05, 0) is 35.9 Å². The molecule has 140 valence electrons. The molecule has 0 bridgehead atoms. The summed E-state index contributed by atoms with van der Waals surface area (Å²) < 4.78 is 33.8. The smallest absolute Gasteiger partial charge is 0.252 e. The Morgan fingerprint density at radius 3 is 2.85 bits per heavy atom. The highest BCUT2D eigenvalue weighted by Crippen LogP contribution is 2.34. The molecular weight excluding hydrogens is 382 g/mol. The second-order valence-corrected chi connectivity index (χ2v) is 9.50. The van der Waals surface area contributed by atoms with E-state index in [9.17, 15) is 8.42 Å². The minimum Gasteiger partial charge on any atom is -0.399 e. The number of anilines is 1. The molecule has 0 aliphatic carbocycles. The maximum Gasteiger partial charge on any atom is 0.252 e. The van der Waals surface area contributed by atoms with Gasteiger partial charge in [0.1, 0.15) is 4.21 Å². The molecule has 1 atom stereocenters. The number of aromatic nitrogens is 1. The summed E-state index contributed by atoms with van der Waals surface area (Å²) >= 11 is 1.25. The van der Waals surface area contributed by atoms with E-state index >= 15 is 0 Å². The molecule has 1 unspecified atom stereocenters. The third-order valence-electron chi connectivity index (χ3n) is 4.43. The molecule has 0 saturated carbocycles. The highest BCUT2D eigenvalue weighted by molar-refractivity contribution is 7.91. The highest BCUT2D eigenvalue weighted by Gasteiger charge is 2.32. The number of nitrogens with zero attached hydrogens (tertiary/aromatic N) is 2. The lowest BCUT2D eigenvalue weighted by Gasteiger charge is -2.31. The first-order chi connectivity index (χ1) is 13.0. The average molecular weight is 402 g/mol. The van der Waals surface area contributed by atoms with Crippen molar-refractivity contribution in [3.8, 4) is 10.4 Å². The number of pyridine rings is 1. The van der Waals surface area contributed by atoms with Gasteiger partial charge >= 0.3 is 0 Å². The van der Waals surface area contributed by atoms with Gasteiger partial charge < -0.3 is 10.5 Å². The number of hydrogen-bond donors (Lipinski definition) is 1. The maximum absolute atomic E-state index is 13.1. The molecule has 1 aromatic carbocycles. The minimum absolute atomic E-state index is 0.277. The molecule has 2 aromatic heterocycles. The van der Waals surface area contributed by atoms with Gasteiger partial charge in [0.15, 0.2) is 0 Å². The SMILES string of the molecule is Nc1cccc(-c2ccc(S(=O)(=O)N3CCOC(c4cccnc4)C3)s2)c1. The van der Waals surface area contributed by atoms with Gasteiger partial charge in [0.25, 0.3) is 10.0 Å². The minimum atomic E-state index is -3.58. The molecule has 0 amide bonds. The molecule has 27 heavy (non-hydrogen) atoms. The van der Waals surface area contributed by atoms with E-state index in [0.717, 1.165) is 16.0 Å². The van der Waals surface area contributed by atoms with Crippen molar-refractivity contribution in [3.63, 3.8) is 0 Å². The first-order valence-electron chi connectivity index (χ1n) is 8.51. The molecular formula is C19H19N3O3S2. The van der Waals surface area contributed by atoms with Crippen LogP contribution in [0.1, 0.15) is 11.7 Å². The van der Waals surface area contributed by atoms with E-state index in [2.05, 4.69) is 4.98 Å². The van der Waals surface area contributed by atoms with Gasteiger partial charge in [-0.2, -0.15) is 4.31 Å². The summed E-state index contributed by atoms with van der Waals surface area (Å²) in [5, 5.41) is 0. The van der Waals surface area contributed by atoms with Crippen molar-refractivity contribution < 1.29 is 13.2 Å². The van der Waals surface area contributed by atoms with Gasteiger partial charge in [-0.1, -0.05) is 18.2 Å². The van der Waals surface area contributed by atoms with E-state index in [-0.39, 0.29) is 12.6 Å². The van der Waals surface area contributed by atoms with E-state index in [4.69, 9.17) is 10.5 Å². The molecule has 6 nitrogen and oxygen atoms in total. The summed E-state index contributed by atoms with van der Waals surface area (Å²) in [4.78, 5) is 4.97. The molecule has 0 spiro atoms. The number of thiophene rings is 1. The van der Waals surface area contributed by atoms with Gasteiger partial charge in [-0.15, -0.1) is 11.3 Å². The summed E-state index contributed by atoms with van der Waals surface area (Å²) in [7, 11) is -3.58. The van der Waals surface area contributed by atoms with Crippen LogP contribution >= 0.6 is 11.3 Å². The maximum atomic E-state index is 13.1. The zero-order valence-corrected chi connectivity index (χ0v) is 16.1. The Morgan fingerprint density at radius 2 is 2.07 bits per heavy atom. The third-order valence-corrected chi connectivity index (χ3v) is 7.90. The van der Waals surface area contributed by atoms with Crippen molar-refractivity contribution in [1.29, 1.82) is 0 Å². The lowest BCUT2D eigenvalue weighted by molar-refractivity contribution is -0.00267. The van der Waals surface area contributed by atoms with Crippen LogP contribution in [-0.2, 0) is 14.8 Å². The van der Waals surface area contributed by atoms with Crippen LogP contribution in [0.25, 0.3) is 10.4 Å². The zero-order valence-electron chi connectivity index (χ0n) is 14.5. The molecule has 1 saturated heterocycles. The van der Waals surface area contributed by atoms with Gasteiger partial charge in [-0.25, -0.2) is 8.42 Å². The van der Waals surface area contributed by atoms with E-state index in [1.54, 1.807) is 24.5 Å². The molecule has 0 radical (unpaired) electrons. The van der Waals surface area contributed by atoms with Crippen molar-refractivity contribution in [3.05, 3.63) is 66.5 Å². The summed E-state index contributed by atoms with van der Waals surface area (Å²) in [6, 6.07) is 14.6. The number of nitrogens with two attached hydrogens (primary N) is 1. The summed E-state index contributed by atoms with van der Waals surface area (Å²) in [6.45, 7) is 0.969. The molecule has 2 N–H and O–H groups in total. The predicted octanol–water partition coefficient (Wildman–Crippen LogP) is 3.15. The van der Waals surface area contributed by atoms with Crippen LogP contribution in [0.4, 0.5) is 5.69 Å². The average Bonchev–Trinajstić information content (AvgIpc) is 3.20. The Balaban J connectivity index is 1.58. The van der Waals surface area contributed by atoms with Crippen molar-refractivity contribution in [2.45, 2.75) is 10.3 Å². The monoisotopic (exact) mass is 401 g/mol. The molecule has 3 aromatic rings. The molecule has 4 rings (SSSR count). The Kier molecular flexibility index (Phi) is 4.96. The highest BCUT2D eigenvalue weighted by atomic mass is 32.2. The van der Waals surface area contributed by atoms with Crippen LogP contribution in [0.2, 0.25) is 0 Å². The lowest BCUT2D eigenvalue weighted by Crippen LogP contribution is -2.41. The Bertz CT molecular complexity index is 1040. The first kappa shape index (κ1) is 18.1. The summed E-state index contributed by atoms with van der Waals surface area (Å²) in [5.41, 5.74) is 8.28. The number of rotatable bonds is 4. The van der Waals surface area contributed by atoms with Crippen molar-refractivity contribution in [1.82, 2.24) is 9.29 Å². The molecule has 1 fully saturated rings. The Morgan fingerprint density at radius 1 is 1.19 bits per heavy atom. The van der Waals surface area contributed by atoms with E-state index in [0.29, 0.717) is 23.0 Å². The van der Waals surface area contributed by atoms with Crippen molar-refractivity contribution >= 4 is 27.0 Å². The fraction of sp³-hybridized carbons (Fsp3) is 0.211. The van der Waals surface area contributed by atoms with E-state index in [1.165, 1.54) is 15.6 Å². The molecule has 3 heterocycles.